The smallest absolute Gasteiger partial charge is 0.150 e. The van der Waals surface area contributed by atoms with Crippen LogP contribution in [0.5, 0.6) is 0 Å². The van der Waals surface area contributed by atoms with E-state index in [0.717, 1.165) is 47.7 Å². The minimum absolute atomic E-state index is 0.0187. The molecule has 12 heteroatoms. The molecular weight excluding hydrogens is 867 g/mol. The molecule has 3 aromatic rings. The van der Waals surface area contributed by atoms with E-state index in [9.17, 15) is 29.6 Å². The van der Waals surface area contributed by atoms with Crippen LogP contribution in [-0.4, -0.2) is 59.8 Å². The number of sulfone groups is 3. The second-order valence-electron chi connectivity index (χ2n) is 17.8. The van der Waals surface area contributed by atoms with Gasteiger partial charge in [0, 0.05) is 9.50 Å². The maximum atomic E-state index is 13.5. The van der Waals surface area contributed by atoms with Gasteiger partial charge in [-0.3, -0.25) is 0 Å². The third-order valence-electron chi connectivity index (χ3n) is 9.39. The van der Waals surface area contributed by atoms with Crippen molar-refractivity contribution in [3.8, 4) is 0 Å². The molecule has 0 heterocycles. The molecule has 3 atom stereocenters. The lowest BCUT2D eigenvalue weighted by atomic mass is 9.91. The van der Waals surface area contributed by atoms with Crippen LogP contribution in [0.3, 0.4) is 0 Å². The first-order chi connectivity index (χ1) is 26.2. The molecule has 0 aliphatic heterocycles. The normalized spacial score (nSPS) is 14.1. The van der Waals surface area contributed by atoms with Crippen molar-refractivity contribution in [1.29, 1.82) is 0 Å². The molecule has 0 aliphatic rings. The summed E-state index contributed by atoms with van der Waals surface area (Å²) in [6.07, 6.45) is 4.86. The molecule has 0 N–H and O–H groups in total. The highest BCUT2D eigenvalue weighted by atomic mass is 79.9. The van der Waals surface area contributed by atoms with Crippen LogP contribution < -0.4 is 0 Å². The molecule has 0 fully saturated rings. The van der Waals surface area contributed by atoms with E-state index in [2.05, 4.69) is 57.5 Å². The van der Waals surface area contributed by atoms with Gasteiger partial charge in [0.1, 0.15) is 5.82 Å². The summed E-state index contributed by atoms with van der Waals surface area (Å²) in [5.74, 6) is 0.493. The topological polar surface area (TPSA) is 102 Å². The molecule has 3 aromatic carbocycles. The van der Waals surface area contributed by atoms with E-state index < -0.39 is 29.5 Å². The summed E-state index contributed by atoms with van der Waals surface area (Å²) in [4.78, 5) is 0. The third-order valence-corrected chi connectivity index (χ3v) is 16.2. The molecule has 0 aliphatic carbocycles. The van der Waals surface area contributed by atoms with Gasteiger partial charge >= 0.3 is 0 Å². The van der Waals surface area contributed by atoms with Crippen molar-refractivity contribution >= 4 is 57.0 Å². The van der Waals surface area contributed by atoms with Gasteiger partial charge in [0.05, 0.1) is 34.5 Å². The zero-order valence-corrected chi connectivity index (χ0v) is 40.7. The lowest BCUT2D eigenvalue weighted by molar-refractivity contribution is 0.373. The van der Waals surface area contributed by atoms with Gasteiger partial charge in [-0.15, -0.1) is 0 Å². The zero-order chi connectivity index (χ0) is 43.7. The summed E-state index contributed by atoms with van der Waals surface area (Å²) >= 11 is 9.61. The van der Waals surface area contributed by atoms with Crippen molar-refractivity contribution in [3.05, 3.63) is 105 Å². The highest BCUT2D eigenvalue weighted by Gasteiger charge is 2.22. The summed E-state index contributed by atoms with van der Waals surface area (Å²) in [5, 5.41) is 0.643. The van der Waals surface area contributed by atoms with Crippen LogP contribution in [0.4, 0.5) is 4.39 Å². The predicted molar refractivity (Wildman–Crippen MR) is 245 cm³/mol. The summed E-state index contributed by atoms with van der Waals surface area (Å²) in [6, 6.07) is 21.6. The van der Waals surface area contributed by atoms with Crippen molar-refractivity contribution in [2.24, 2.45) is 10.8 Å². The van der Waals surface area contributed by atoms with Gasteiger partial charge in [-0.1, -0.05) is 158 Å². The predicted octanol–water partition coefficient (Wildman–Crippen LogP) is 12.6. The van der Waals surface area contributed by atoms with Crippen molar-refractivity contribution in [3.63, 3.8) is 0 Å². The monoisotopic (exact) mass is 934 g/mol. The first-order valence-corrected chi connectivity index (χ1v) is 26.7. The molecule has 324 valence electrons. The van der Waals surface area contributed by atoms with Gasteiger partial charge in [0.25, 0.3) is 0 Å². The molecule has 0 unspecified atom stereocenters. The molecule has 6 nitrogen and oxygen atoms in total. The Kier molecular flexibility index (Phi) is 22.8. The number of benzene rings is 3. The quantitative estimate of drug-likeness (QED) is 0.126. The Morgan fingerprint density at radius 1 is 0.561 bits per heavy atom. The van der Waals surface area contributed by atoms with E-state index >= 15 is 0 Å². The Morgan fingerprint density at radius 2 is 0.912 bits per heavy atom. The number of rotatable bonds is 18. The first-order valence-electron chi connectivity index (χ1n) is 20.0. The number of unbranched alkanes of at least 4 members (excludes halogenated alkanes) is 1. The minimum atomic E-state index is -3.07. The van der Waals surface area contributed by atoms with Crippen molar-refractivity contribution < 1.29 is 29.6 Å². The van der Waals surface area contributed by atoms with Crippen LogP contribution in [0.25, 0.3) is 0 Å². The van der Waals surface area contributed by atoms with Gasteiger partial charge in [0.2, 0.25) is 0 Å². The maximum absolute atomic E-state index is 13.5. The molecule has 0 spiro atoms. The van der Waals surface area contributed by atoms with Gasteiger partial charge in [-0.2, -0.15) is 0 Å². The summed E-state index contributed by atoms with van der Waals surface area (Å²) in [7, 11) is -9.09. The van der Waals surface area contributed by atoms with Crippen LogP contribution in [0.1, 0.15) is 142 Å². The van der Waals surface area contributed by atoms with E-state index in [0.29, 0.717) is 22.8 Å². The van der Waals surface area contributed by atoms with Gasteiger partial charge in [0.15, 0.2) is 29.5 Å². The zero-order valence-electron chi connectivity index (χ0n) is 36.0. The van der Waals surface area contributed by atoms with Crippen LogP contribution in [0, 0.1) is 16.6 Å². The third kappa shape index (κ3) is 23.6. The van der Waals surface area contributed by atoms with Crippen LogP contribution in [0.2, 0.25) is 5.02 Å². The average molecular weight is 937 g/mol. The fourth-order valence-corrected chi connectivity index (χ4v) is 12.5. The minimum Gasteiger partial charge on any atom is -0.229 e. The average Bonchev–Trinajstić information content (AvgIpc) is 3.06. The van der Waals surface area contributed by atoms with E-state index in [4.69, 9.17) is 11.6 Å². The van der Waals surface area contributed by atoms with Crippen molar-refractivity contribution in [1.82, 2.24) is 0 Å². The summed E-state index contributed by atoms with van der Waals surface area (Å²) < 4.78 is 86.7. The SMILES string of the molecule is CCCCS(=O)(=O)C[C@H](C)c1ccccc1F.C[C@@H](CS(=O)(=O)CCCC(C)(C)C)c1ccccc1Br.C[C@@H](CS(=O)(=O)CCCC(C)(C)C)c1ccccc1Cl. The second-order valence-corrected chi connectivity index (χ2v) is 25.7. The van der Waals surface area contributed by atoms with Crippen LogP contribution in [0.15, 0.2) is 77.3 Å². The largest absolute Gasteiger partial charge is 0.229 e. The fourth-order valence-electron chi connectivity index (χ4n) is 6.30. The second kappa shape index (κ2) is 24.5. The van der Waals surface area contributed by atoms with Crippen molar-refractivity contribution in [2.75, 3.05) is 34.5 Å². The Labute approximate surface area is 360 Å². The Hall–Kier alpha value is -1.79. The van der Waals surface area contributed by atoms with Crippen LogP contribution in [-0.2, 0) is 29.5 Å². The molecule has 3 rings (SSSR count). The summed E-state index contributed by atoms with van der Waals surface area (Å²) in [5.41, 5.74) is 2.83. The van der Waals surface area contributed by atoms with Gasteiger partial charge in [-0.25, -0.2) is 29.6 Å². The highest BCUT2D eigenvalue weighted by Crippen LogP contribution is 2.28. The molecule has 57 heavy (non-hydrogen) atoms. The molecule has 0 amide bonds. The Morgan fingerprint density at radius 3 is 1.32 bits per heavy atom. The highest BCUT2D eigenvalue weighted by molar-refractivity contribution is 9.10. The van der Waals surface area contributed by atoms with E-state index in [1.807, 2.05) is 63.2 Å². The molecule has 0 radical (unpaired) electrons. The molecule has 0 aromatic heterocycles. The summed E-state index contributed by atoms with van der Waals surface area (Å²) in [6.45, 7) is 20.4. The first kappa shape index (κ1) is 53.2. The lowest BCUT2D eigenvalue weighted by Crippen LogP contribution is -2.18. The van der Waals surface area contributed by atoms with E-state index in [-0.39, 0.29) is 63.2 Å². The Balaban J connectivity index is 0.000000429. The standard InChI is InChI=1S/C16H25BrO2S.C16H25ClO2S.C13H19FO2S/c2*1-13(14-8-5-6-9-15(14)17)12-20(18,19)11-7-10-16(2,3)4;1-3-4-9-17(15,16)10-11(2)12-7-5-6-8-13(12)14/h2*5-6,8-9,13H,7,10-12H2,1-4H3;5-8,11H,3-4,9-10H2,1-2H3/t2*13-;11-/m000/s1. The van der Waals surface area contributed by atoms with E-state index in [1.165, 1.54) is 6.07 Å². The molecule has 0 saturated heterocycles. The van der Waals surface area contributed by atoms with Gasteiger partial charge < -0.3 is 0 Å². The molecule has 0 saturated carbocycles. The molecular formula is C45H69BrClFO6S3. The number of hydrogen-bond acceptors (Lipinski definition) is 6. The van der Waals surface area contributed by atoms with Gasteiger partial charge in [-0.05, 0) is 95.6 Å². The lowest BCUT2D eigenvalue weighted by Gasteiger charge is -2.18. The van der Waals surface area contributed by atoms with Crippen molar-refractivity contribution in [2.45, 2.75) is 126 Å². The number of hydrogen-bond donors (Lipinski definition) is 0. The van der Waals surface area contributed by atoms with Crippen LogP contribution >= 0.6 is 27.5 Å². The van der Waals surface area contributed by atoms with E-state index in [1.54, 1.807) is 31.2 Å². The molecule has 0 bridgehead atoms. The maximum Gasteiger partial charge on any atom is 0.150 e. The number of halogens is 3. The fraction of sp³-hybridized carbons (Fsp3) is 0.600. The Bertz CT molecular complexity index is 1870.